The number of halogens is 1. The summed E-state index contributed by atoms with van der Waals surface area (Å²) in [5.41, 5.74) is 3.00. The normalized spacial score (nSPS) is 15.4. The molecule has 1 atom stereocenters. The molecule has 1 aliphatic rings. The molecule has 1 aliphatic heterocycles. The first kappa shape index (κ1) is 29.9. The summed E-state index contributed by atoms with van der Waals surface area (Å²) in [6, 6.07) is 24.7. The quantitative estimate of drug-likeness (QED) is 0.203. The molecule has 5 rings (SSSR count). The molecule has 41 heavy (non-hydrogen) atoms. The predicted octanol–water partition coefficient (Wildman–Crippen LogP) is 5.89. The van der Waals surface area contributed by atoms with Crippen LogP contribution in [0.5, 0.6) is 0 Å². The van der Waals surface area contributed by atoms with Crippen molar-refractivity contribution in [1.82, 2.24) is 0 Å². The molecule has 0 spiro atoms. The number of anilines is 1. The first-order valence-corrected chi connectivity index (χ1v) is 21.5. The number of ketones is 1. The van der Waals surface area contributed by atoms with Gasteiger partial charge in [0.05, 0.1) is 0 Å². The van der Waals surface area contributed by atoms with Crippen molar-refractivity contribution in [3.05, 3.63) is 124 Å². The fourth-order valence-corrected chi connectivity index (χ4v) is 21.5. The Balaban J connectivity index is 1.67. The summed E-state index contributed by atoms with van der Waals surface area (Å²) >= 11 is 0.985. The summed E-state index contributed by atoms with van der Waals surface area (Å²) in [4.78, 5) is 13.0. The first-order chi connectivity index (χ1) is 19.4. The Morgan fingerprint density at radius 3 is 1.73 bits per heavy atom. The molecular formula is C29H25ClNO7S2Tl. The number of hydrogen-bond donors (Lipinski definition) is 0. The van der Waals surface area contributed by atoms with E-state index < -0.39 is 50.2 Å². The average molecular weight is 803 g/mol. The number of Topliss-reactive ketones (excluding diaryl/α,β-unsaturated/α-hetero) is 1. The Labute approximate surface area is 254 Å². The molecule has 0 aliphatic carbocycles. The molecule has 0 bridgehead atoms. The van der Waals surface area contributed by atoms with Crippen LogP contribution in [-0.2, 0) is 24.5 Å². The summed E-state index contributed by atoms with van der Waals surface area (Å²) in [6.45, 7) is 3.63. The fraction of sp³-hybridized carbons (Fsp3) is 0.138. The zero-order valence-electron chi connectivity index (χ0n) is 22.1. The van der Waals surface area contributed by atoms with Crippen molar-refractivity contribution < 1.29 is 25.9 Å². The number of para-hydroxylation sites is 1. The second-order valence-electron chi connectivity index (χ2n) is 9.65. The third-order valence-electron chi connectivity index (χ3n) is 6.72. The molecule has 0 saturated heterocycles. The zero-order valence-corrected chi connectivity index (χ0v) is 29.0. The molecule has 1 heterocycles. The van der Waals surface area contributed by atoms with Gasteiger partial charge in [-0.1, -0.05) is 0 Å². The van der Waals surface area contributed by atoms with Gasteiger partial charge >= 0.3 is 256 Å². The third-order valence-corrected chi connectivity index (χ3v) is 23.5. The maximum absolute atomic E-state index is 13.6. The van der Waals surface area contributed by atoms with Crippen LogP contribution in [-0.4, -0.2) is 46.5 Å². The van der Waals surface area contributed by atoms with Gasteiger partial charge in [0, 0.05) is 0 Å². The standard InChI is InChI=1S/C15H12ClNO.2C7H8O3S.Tl/c16-11-7-5-10(6-8-11)14-9-15(18)12-3-1-2-4-13(12)17-14;2*1-6-2-4-7(5-3-6)11(8,9)10;/h1-8,14H,9H2,(H,17,18);2*2-5H,1H3,(H,8,9,10);/q;;;+3/p-3. The number of rotatable bonds is 8. The molecule has 12 heteroatoms. The second kappa shape index (κ2) is 11.9. The fourth-order valence-electron chi connectivity index (χ4n) is 4.56. The van der Waals surface area contributed by atoms with Crippen LogP contribution < -0.4 is 2.71 Å². The third kappa shape index (κ3) is 6.57. The number of benzene rings is 4. The Bertz CT molecular complexity index is 1720. The summed E-state index contributed by atoms with van der Waals surface area (Å²) in [5.74, 6) is -0.174. The van der Waals surface area contributed by atoms with E-state index in [0.717, 1.165) is 11.1 Å². The van der Waals surface area contributed by atoms with Gasteiger partial charge in [0.15, 0.2) is 0 Å². The van der Waals surface area contributed by atoms with Crippen molar-refractivity contribution in [3.63, 3.8) is 0 Å². The maximum atomic E-state index is 13.6. The van der Waals surface area contributed by atoms with Gasteiger partial charge in [0.2, 0.25) is 0 Å². The van der Waals surface area contributed by atoms with Gasteiger partial charge in [0.1, 0.15) is 0 Å². The second-order valence-corrected chi connectivity index (χ2v) is 22.3. The van der Waals surface area contributed by atoms with Crippen LogP contribution in [0.25, 0.3) is 0 Å². The minimum atomic E-state index is -5.13. The molecule has 8 nitrogen and oxygen atoms in total. The SMILES string of the molecule is Cc1ccc(S(=O)(=O)[O][Tl]([O]S(=O)(=O)c2ccc(C)cc2)[N]2c3ccccc3C(=O)CC2c2ccc(Cl)cc2)cc1. The number of fused-ring (bicyclic) bond motifs is 1. The molecule has 0 saturated carbocycles. The summed E-state index contributed by atoms with van der Waals surface area (Å²) < 4.78 is 67.6. The molecule has 0 aromatic heterocycles. The molecule has 210 valence electrons. The van der Waals surface area contributed by atoms with Crippen LogP contribution in [0.15, 0.2) is 107 Å². The van der Waals surface area contributed by atoms with E-state index in [0.29, 0.717) is 21.8 Å². The van der Waals surface area contributed by atoms with Gasteiger partial charge in [-0.05, 0) is 0 Å². The van der Waals surface area contributed by atoms with Crippen molar-refractivity contribution in [2.24, 2.45) is 0 Å². The molecule has 0 radical (unpaired) electrons. The van der Waals surface area contributed by atoms with Crippen LogP contribution >= 0.6 is 11.6 Å². The van der Waals surface area contributed by atoms with E-state index in [-0.39, 0.29) is 22.0 Å². The van der Waals surface area contributed by atoms with Gasteiger partial charge in [-0.25, -0.2) is 0 Å². The first-order valence-electron chi connectivity index (χ1n) is 12.6. The molecule has 0 amide bonds. The topological polar surface area (TPSA) is 107 Å². The van der Waals surface area contributed by atoms with E-state index in [9.17, 15) is 21.6 Å². The van der Waals surface area contributed by atoms with Crippen LogP contribution in [0.1, 0.15) is 39.5 Å². The summed E-state index contributed by atoms with van der Waals surface area (Å²) in [6.07, 6.45) is -0.0446. The van der Waals surface area contributed by atoms with Crippen LogP contribution in [0, 0.1) is 13.8 Å². The molecule has 0 N–H and O–H groups in total. The molecule has 0 fully saturated rings. The van der Waals surface area contributed by atoms with Gasteiger partial charge < -0.3 is 0 Å². The minimum absolute atomic E-state index is 0.0446. The molecule has 4 aromatic carbocycles. The Hall–Kier alpha value is -2.62. The number of nitrogens with zero attached hydrogens (tertiary/aromatic N) is 1. The van der Waals surface area contributed by atoms with E-state index in [1.807, 2.05) is 13.8 Å². The number of carbonyl (C=O) groups excluding carboxylic acids is 1. The summed E-state index contributed by atoms with van der Waals surface area (Å²) in [7, 11) is -8.91. The van der Waals surface area contributed by atoms with E-state index in [4.69, 9.17) is 15.9 Å². The number of carbonyl (C=O) groups is 1. The Kier molecular flexibility index (Phi) is 8.69. The van der Waals surface area contributed by atoms with Gasteiger partial charge in [-0.3, -0.25) is 0 Å². The molecule has 1 unspecified atom stereocenters. The van der Waals surface area contributed by atoms with Crippen LogP contribution in [0.2, 0.25) is 5.02 Å². The van der Waals surface area contributed by atoms with E-state index in [1.54, 1.807) is 75.5 Å². The van der Waals surface area contributed by atoms with Gasteiger partial charge in [-0.15, -0.1) is 0 Å². The van der Waals surface area contributed by atoms with Crippen molar-refractivity contribution in [1.29, 1.82) is 0 Å². The van der Waals surface area contributed by atoms with Crippen LogP contribution in [0.3, 0.4) is 0 Å². The van der Waals surface area contributed by atoms with Gasteiger partial charge in [0.25, 0.3) is 0 Å². The van der Waals surface area contributed by atoms with Crippen molar-refractivity contribution in [3.8, 4) is 0 Å². The Morgan fingerprint density at radius 1 is 0.732 bits per heavy atom. The van der Waals surface area contributed by atoms with E-state index >= 15 is 0 Å². The van der Waals surface area contributed by atoms with Gasteiger partial charge in [-0.2, -0.15) is 0 Å². The molecular weight excluding hydrogens is 778 g/mol. The van der Waals surface area contributed by atoms with Crippen molar-refractivity contribution >= 4 is 67.2 Å². The van der Waals surface area contributed by atoms with Crippen molar-refractivity contribution in [2.75, 3.05) is 2.71 Å². The predicted molar refractivity (Wildman–Crippen MR) is 157 cm³/mol. The Morgan fingerprint density at radius 2 is 1.22 bits per heavy atom. The number of hydrogen-bond acceptors (Lipinski definition) is 8. The zero-order chi connectivity index (χ0) is 29.4. The van der Waals surface area contributed by atoms with Crippen molar-refractivity contribution in [2.45, 2.75) is 36.1 Å². The summed E-state index contributed by atoms with van der Waals surface area (Å²) in [5, 5.41) is 0.473. The average Bonchev–Trinajstić information content (AvgIpc) is 2.93. The molecule has 4 aromatic rings. The van der Waals surface area contributed by atoms with Crippen LogP contribution in [0.4, 0.5) is 5.69 Å². The van der Waals surface area contributed by atoms with E-state index in [2.05, 4.69) is 0 Å². The monoisotopic (exact) mass is 803 g/mol. The number of aryl methyl sites for hydroxylation is 2. The van der Waals surface area contributed by atoms with E-state index in [1.165, 1.54) is 24.3 Å².